The van der Waals surface area contributed by atoms with Crippen LogP contribution in [0.25, 0.3) is 0 Å². The van der Waals surface area contributed by atoms with E-state index in [1.165, 1.54) is 45.6 Å². The van der Waals surface area contributed by atoms with Crippen LogP contribution in [0.5, 0.6) is 17.2 Å². The molecule has 0 saturated carbocycles. The summed E-state index contributed by atoms with van der Waals surface area (Å²) in [5.74, 6) is 0.245. The molecular weight excluding hydrogens is 341 g/mol. The van der Waals surface area contributed by atoms with Gasteiger partial charge in [-0.05, 0) is 24.3 Å². The average molecular weight is 361 g/mol. The standard InChI is InChI=1S/C19H20FNO5/c1-24-16-10-14(11-17(25-2)19(16)26-3)21-18(23)9-8-15(22)12-4-6-13(20)7-5-12/h4-7,10-11H,8-9H2,1-3H3,(H,21,23). The number of ether oxygens (including phenoxy) is 3. The zero-order chi connectivity index (χ0) is 19.1. The molecule has 7 heteroatoms. The summed E-state index contributed by atoms with van der Waals surface area (Å²) in [7, 11) is 4.44. The van der Waals surface area contributed by atoms with Gasteiger partial charge in [0.2, 0.25) is 11.7 Å². The summed E-state index contributed by atoms with van der Waals surface area (Å²) in [4.78, 5) is 24.2. The van der Waals surface area contributed by atoms with E-state index in [0.717, 1.165) is 0 Å². The van der Waals surface area contributed by atoms with E-state index in [2.05, 4.69) is 5.32 Å². The first-order chi connectivity index (χ1) is 12.5. The van der Waals surface area contributed by atoms with Gasteiger partial charge in [-0.15, -0.1) is 0 Å². The Balaban J connectivity index is 2.01. The molecule has 0 aromatic heterocycles. The topological polar surface area (TPSA) is 73.9 Å². The van der Waals surface area contributed by atoms with Crippen LogP contribution in [-0.4, -0.2) is 33.0 Å². The van der Waals surface area contributed by atoms with Gasteiger partial charge in [0.1, 0.15) is 5.82 Å². The lowest BCUT2D eigenvalue weighted by molar-refractivity contribution is -0.116. The van der Waals surface area contributed by atoms with Gasteiger partial charge in [-0.1, -0.05) is 0 Å². The Bertz CT molecular complexity index is 764. The number of amides is 1. The first kappa shape index (κ1) is 19.2. The zero-order valence-corrected chi connectivity index (χ0v) is 14.8. The quantitative estimate of drug-likeness (QED) is 0.729. The molecule has 0 aliphatic heterocycles. The Morgan fingerprint density at radius 1 is 0.923 bits per heavy atom. The number of ketones is 1. The predicted octanol–water partition coefficient (Wildman–Crippen LogP) is 3.45. The van der Waals surface area contributed by atoms with Crippen LogP contribution in [0.1, 0.15) is 23.2 Å². The van der Waals surface area contributed by atoms with Crippen molar-refractivity contribution < 1.29 is 28.2 Å². The van der Waals surface area contributed by atoms with E-state index in [4.69, 9.17) is 14.2 Å². The number of hydrogen-bond acceptors (Lipinski definition) is 5. The molecule has 0 aliphatic rings. The van der Waals surface area contributed by atoms with Crippen LogP contribution in [-0.2, 0) is 4.79 Å². The monoisotopic (exact) mass is 361 g/mol. The van der Waals surface area contributed by atoms with E-state index in [1.54, 1.807) is 12.1 Å². The molecule has 2 aromatic rings. The van der Waals surface area contributed by atoms with Crippen LogP contribution in [0.2, 0.25) is 0 Å². The van der Waals surface area contributed by atoms with Crippen LogP contribution in [0, 0.1) is 5.82 Å². The number of carbonyl (C=O) groups is 2. The maximum absolute atomic E-state index is 12.9. The third kappa shape index (κ3) is 4.72. The number of nitrogens with one attached hydrogen (secondary N) is 1. The lowest BCUT2D eigenvalue weighted by Crippen LogP contribution is -2.14. The van der Waals surface area contributed by atoms with Gasteiger partial charge in [0.15, 0.2) is 17.3 Å². The van der Waals surface area contributed by atoms with E-state index in [9.17, 15) is 14.0 Å². The summed E-state index contributed by atoms with van der Waals surface area (Å²) in [6.07, 6.45) is 0.00869. The molecule has 0 saturated heterocycles. The van der Waals surface area contributed by atoms with Crippen molar-refractivity contribution in [2.24, 2.45) is 0 Å². The minimum atomic E-state index is -0.415. The van der Waals surface area contributed by atoms with Gasteiger partial charge >= 0.3 is 0 Å². The third-order valence-electron chi connectivity index (χ3n) is 3.69. The van der Waals surface area contributed by atoms with Gasteiger partial charge in [-0.25, -0.2) is 4.39 Å². The maximum atomic E-state index is 12.9. The van der Waals surface area contributed by atoms with Gasteiger partial charge in [-0.3, -0.25) is 9.59 Å². The first-order valence-electron chi connectivity index (χ1n) is 7.87. The minimum absolute atomic E-state index is 0.00707. The number of Topliss-reactive ketones (excluding diaryl/α,β-unsaturated/α-hetero) is 1. The molecule has 2 aromatic carbocycles. The van der Waals surface area contributed by atoms with E-state index in [-0.39, 0.29) is 24.5 Å². The number of benzene rings is 2. The zero-order valence-electron chi connectivity index (χ0n) is 14.8. The van der Waals surface area contributed by atoms with Gasteiger partial charge in [0.05, 0.1) is 21.3 Å². The molecule has 0 aliphatic carbocycles. The van der Waals surface area contributed by atoms with Crippen molar-refractivity contribution in [3.8, 4) is 17.2 Å². The fourth-order valence-corrected chi connectivity index (χ4v) is 2.38. The van der Waals surface area contributed by atoms with Crippen LogP contribution in [0.3, 0.4) is 0 Å². The lowest BCUT2D eigenvalue weighted by Gasteiger charge is -2.14. The summed E-state index contributed by atoms with van der Waals surface area (Å²) in [5, 5.41) is 2.69. The molecule has 1 amide bonds. The van der Waals surface area contributed by atoms with Crippen molar-refractivity contribution in [1.82, 2.24) is 0 Å². The number of carbonyl (C=O) groups excluding carboxylic acids is 2. The van der Waals surface area contributed by atoms with Crippen LogP contribution < -0.4 is 19.5 Å². The molecular formula is C19H20FNO5. The SMILES string of the molecule is COc1cc(NC(=O)CCC(=O)c2ccc(F)cc2)cc(OC)c1OC. The Kier molecular flexibility index (Phi) is 6.54. The first-order valence-corrected chi connectivity index (χ1v) is 7.87. The van der Waals surface area contributed by atoms with Crippen molar-refractivity contribution in [2.45, 2.75) is 12.8 Å². The van der Waals surface area contributed by atoms with Gasteiger partial charge in [-0.2, -0.15) is 0 Å². The van der Waals surface area contributed by atoms with Crippen LogP contribution >= 0.6 is 0 Å². The highest BCUT2D eigenvalue weighted by molar-refractivity contribution is 6.00. The molecule has 26 heavy (non-hydrogen) atoms. The summed E-state index contributed by atoms with van der Waals surface area (Å²) in [6, 6.07) is 8.41. The Labute approximate surface area is 150 Å². The molecule has 0 atom stereocenters. The van der Waals surface area contributed by atoms with Gasteiger partial charge in [0.25, 0.3) is 0 Å². The molecule has 0 spiro atoms. The number of anilines is 1. The smallest absolute Gasteiger partial charge is 0.224 e. The molecule has 0 radical (unpaired) electrons. The average Bonchev–Trinajstić information content (AvgIpc) is 2.65. The Morgan fingerprint density at radius 2 is 1.50 bits per heavy atom. The predicted molar refractivity (Wildman–Crippen MR) is 94.7 cm³/mol. The van der Waals surface area contributed by atoms with Gasteiger partial charge in [0, 0.05) is 36.2 Å². The van der Waals surface area contributed by atoms with Crippen molar-refractivity contribution in [2.75, 3.05) is 26.6 Å². The molecule has 0 heterocycles. The van der Waals surface area contributed by atoms with Crippen molar-refractivity contribution in [3.63, 3.8) is 0 Å². The van der Waals surface area contributed by atoms with E-state index >= 15 is 0 Å². The number of hydrogen-bond donors (Lipinski definition) is 1. The number of methoxy groups -OCH3 is 3. The second-order valence-electron chi connectivity index (χ2n) is 5.39. The molecule has 6 nitrogen and oxygen atoms in total. The van der Waals surface area contributed by atoms with Crippen LogP contribution in [0.15, 0.2) is 36.4 Å². The molecule has 0 bridgehead atoms. The highest BCUT2D eigenvalue weighted by Gasteiger charge is 2.15. The fraction of sp³-hybridized carbons (Fsp3) is 0.263. The lowest BCUT2D eigenvalue weighted by atomic mass is 10.1. The van der Waals surface area contributed by atoms with Crippen LogP contribution in [0.4, 0.5) is 10.1 Å². The normalized spacial score (nSPS) is 10.2. The second kappa shape index (κ2) is 8.84. The van der Waals surface area contributed by atoms with E-state index < -0.39 is 5.82 Å². The highest BCUT2D eigenvalue weighted by atomic mass is 19.1. The summed E-state index contributed by atoms with van der Waals surface area (Å²) < 4.78 is 28.6. The second-order valence-corrected chi connectivity index (χ2v) is 5.39. The highest BCUT2D eigenvalue weighted by Crippen LogP contribution is 2.39. The van der Waals surface area contributed by atoms with E-state index in [0.29, 0.717) is 28.5 Å². The fourth-order valence-electron chi connectivity index (χ4n) is 2.38. The maximum Gasteiger partial charge on any atom is 0.224 e. The number of rotatable bonds is 8. The summed E-state index contributed by atoms with van der Waals surface area (Å²) in [5.41, 5.74) is 0.825. The molecule has 0 fully saturated rings. The minimum Gasteiger partial charge on any atom is -0.493 e. The molecule has 138 valence electrons. The van der Waals surface area contributed by atoms with Crippen molar-refractivity contribution >= 4 is 17.4 Å². The van der Waals surface area contributed by atoms with Gasteiger partial charge < -0.3 is 19.5 Å². The Hall–Kier alpha value is -3.09. The number of halogens is 1. The summed E-state index contributed by atoms with van der Waals surface area (Å²) >= 11 is 0. The molecule has 1 N–H and O–H groups in total. The molecule has 2 rings (SSSR count). The Morgan fingerprint density at radius 3 is 2.00 bits per heavy atom. The van der Waals surface area contributed by atoms with Crippen molar-refractivity contribution in [3.05, 3.63) is 47.8 Å². The van der Waals surface area contributed by atoms with Crippen molar-refractivity contribution in [1.29, 1.82) is 0 Å². The van der Waals surface area contributed by atoms with E-state index in [1.807, 2.05) is 0 Å². The third-order valence-corrected chi connectivity index (χ3v) is 3.69. The largest absolute Gasteiger partial charge is 0.493 e. The summed E-state index contributed by atoms with van der Waals surface area (Å²) in [6.45, 7) is 0. The molecule has 0 unspecified atom stereocenters.